The number of amides is 1. The van der Waals surface area contributed by atoms with Crippen LogP contribution in [0, 0.1) is 13.8 Å². The van der Waals surface area contributed by atoms with Crippen molar-refractivity contribution in [3.63, 3.8) is 0 Å². The Morgan fingerprint density at radius 1 is 1.08 bits per heavy atom. The van der Waals surface area contributed by atoms with Crippen molar-refractivity contribution < 1.29 is 13.2 Å². The van der Waals surface area contributed by atoms with E-state index in [1.807, 2.05) is 50.2 Å². The van der Waals surface area contributed by atoms with Gasteiger partial charge in [0.05, 0.1) is 11.9 Å². The molecule has 0 bridgehead atoms. The maximum Gasteiger partial charge on any atom is 0.243 e. The zero-order valence-corrected chi connectivity index (χ0v) is 15.8. The van der Waals surface area contributed by atoms with Crippen molar-refractivity contribution in [3.8, 4) is 0 Å². The van der Waals surface area contributed by atoms with Gasteiger partial charge in [-0.25, -0.2) is 8.42 Å². The Kier molecular flexibility index (Phi) is 5.85. The number of nitrogens with one attached hydrogen (secondary N) is 1. The van der Waals surface area contributed by atoms with E-state index < -0.39 is 16.1 Å². The molecule has 0 saturated heterocycles. The lowest BCUT2D eigenvalue weighted by atomic mass is 10.1. The zero-order chi connectivity index (χ0) is 18.6. The molecule has 5 nitrogen and oxygen atoms in total. The third-order valence-electron chi connectivity index (χ3n) is 4.14. The van der Waals surface area contributed by atoms with Crippen LogP contribution in [0.3, 0.4) is 0 Å². The van der Waals surface area contributed by atoms with Crippen molar-refractivity contribution >= 4 is 21.6 Å². The van der Waals surface area contributed by atoms with Gasteiger partial charge >= 0.3 is 0 Å². The minimum absolute atomic E-state index is 0.340. The van der Waals surface area contributed by atoms with Gasteiger partial charge in [0, 0.05) is 6.54 Å². The van der Waals surface area contributed by atoms with Crippen molar-refractivity contribution in [1.82, 2.24) is 5.32 Å². The summed E-state index contributed by atoms with van der Waals surface area (Å²) in [4.78, 5) is 12.5. The highest BCUT2D eigenvalue weighted by molar-refractivity contribution is 7.92. The fourth-order valence-electron chi connectivity index (χ4n) is 2.60. The van der Waals surface area contributed by atoms with Crippen molar-refractivity contribution in [2.45, 2.75) is 33.4 Å². The minimum Gasteiger partial charge on any atom is -0.350 e. The van der Waals surface area contributed by atoms with E-state index in [0.717, 1.165) is 22.9 Å². The third-order valence-corrected chi connectivity index (χ3v) is 5.38. The van der Waals surface area contributed by atoms with Crippen molar-refractivity contribution in [1.29, 1.82) is 0 Å². The maximum atomic E-state index is 12.5. The van der Waals surface area contributed by atoms with E-state index in [-0.39, 0.29) is 5.91 Å². The predicted octanol–water partition coefficient (Wildman–Crippen LogP) is 2.77. The van der Waals surface area contributed by atoms with Crippen LogP contribution in [0.15, 0.2) is 48.5 Å². The van der Waals surface area contributed by atoms with Crippen molar-refractivity contribution in [2.24, 2.45) is 0 Å². The lowest BCUT2D eigenvalue weighted by Crippen LogP contribution is -2.47. The van der Waals surface area contributed by atoms with Crippen LogP contribution in [0.25, 0.3) is 0 Å². The molecule has 0 heterocycles. The predicted molar refractivity (Wildman–Crippen MR) is 101 cm³/mol. The molecule has 1 amide bonds. The molecule has 1 atom stereocenters. The Balaban J connectivity index is 2.22. The molecule has 25 heavy (non-hydrogen) atoms. The Bertz CT molecular complexity index is 848. The Morgan fingerprint density at radius 3 is 2.28 bits per heavy atom. The van der Waals surface area contributed by atoms with E-state index in [9.17, 15) is 13.2 Å². The normalized spacial score (nSPS) is 12.5. The fourth-order valence-corrected chi connectivity index (χ4v) is 3.77. The molecule has 0 aliphatic heterocycles. The number of carbonyl (C=O) groups excluding carboxylic acids is 1. The van der Waals surface area contributed by atoms with E-state index in [1.165, 1.54) is 4.31 Å². The molecule has 0 saturated carbocycles. The van der Waals surface area contributed by atoms with Gasteiger partial charge < -0.3 is 5.32 Å². The van der Waals surface area contributed by atoms with Gasteiger partial charge in [-0.1, -0.05) is 36.4 Å². The monoisotopic (exact) mass is 360 g/mol. The Morgan fingerprint density at radius 2 is 1.72 bits per heavy atom. The summed E-state index contributed by atoms with van der Waals surface area (Å²) in [6.45, 7) is 5.82. The van der Waals surface area contributed by atoms with Gasteiger partial charge in [-0.05, 0) is 49.6 Å². The van der Waals surface area contributed by atoms with E-state index in [4.69, 9.17) is 0 Å². The number of sulfonamides is 1. The fraction of sp³-hybridized carbons (Fsp3) is 0.316. The Hall–Kier alpha value is -2.34. The van der Waals surface area contributed by atoms with Crippen LogP contribution < -0.4 is 9.62 Å². The summed E-state index contributed by atoms with van der Waals surface area (Å²) in [7, 11) is -3.60. The highest BCUT2D eigenvalue weighted by Gasteiger charge is 2.29. The van der Waals surface area contributed by atoms with Gasteiger partial charge in [0.25, 0.3) is 0 Å². The highest BCUT2D eigenvalue weighted by Crippen LogP contribution is 2.23. The average Bonchev–Trinajstić information content (AvgIpc) is 2.55. The second-order valence-corrected chi connectivity index (χ2v) is 8.07. The number of nitrogens with zero attached hydrogens (tertiary/aromatic N) is 1. The first-order valence-electron chi connectivity index (χ1n) is 8.08. The highest BCUT2D eigenvalue weighted by atomic mass is 32.2. The molecular weight excluding hydrogens is 336 g/mol. The van der Waals surface area contributed by atoms with Crippen LogP contribution in [0.4, 0.5) is 5.69 Å². The molecule has 0 unspecified atom stereocenters. The molecule has 0 aromatic heterocycles. The summed E-state index contributed by atoms with van der Waals surface area (Å²) in [6, 6.07) is 14.0. The van der Waals surface area contributed by atoms with Crippen molar-refractivity contribution in [2.75, 3.05) is 10.6 Å². The van der Waals surface area contributed by atoms with Gasteiger partial charge in [0.1, 0.15) is 6.04 Å². The standard InChI is InChI=1S/C19H24N2O3S/c1-14-10-11-18(12-15(14)2)21(25(4,23)24)16(3)19(22)20-13-17-8-6-5-7-9-17/h5-12,16H,13H2,1-4H3,(H,20,22)/t16-/m1/s1. The summed E-state index contributed by atoms with van der Waals surface area (Å²) >= 11 is 0. The molecule has 6 heteroatoms. The zero-order valence-electron chi connectivity index (χ0n) is 15.0. The number of carbonyl (C=O) groups is 1. The summed E-state index contributed by atoms with van der Waals surface area (Å²) in [5.41, 5.74) is 3.49. The van der Waals surface area contributed by atoms with Gasteiger partial charge in [-0.15, -0.1) is 0 Å². The van der Waals surface area contributed by atoms with E-state index in [0.29, 0.717) is 12.2 Å². The molecule has 0 aliphatic carbocycles. The number of aryl methyl sites for hydroxylation is 2. The number of benzene rings is 2. The smallest absolute Gasteiger partial charge is 0.243 e. The van der Waals surface area contributed by atoms with Crippen molar-refractivity contribution in [3.05, 3.63) is 65.2 Å². The van der Waals surface area contributed by atoms with Gasteiger partial charge in [-0.3, -0.25) is 9.10 Å². The first-order valence-corrected chi connectivity index (χ1v) is 9.93. The summed E-state index contributed by atoms with van der Waals surface area (Å²) in [5.74, 6) is -0.340. The average molecular weight is 360 g/mol. The van der Waals surface area contributed by atoms with Gasteiger partial charge in [-0.2, -0.15) is 0 Å². The maximum absolute atomic E-state index is 12.5. The van der Waals surface area contributed by atoms with Gasteiger partial charge in [0.15, 0.2) is 0 Å². The van der Waals surface area contributed by atoms with Crippen LogP contribution >= 0.6 is 0 Å². The van der Waals surface area contributed by atoms with E-state index in [2.05, 4.69) is 5.32 Å². The van der Waals surface area contributed by atoms with Crippen LogP contribution in [0.5, 0.6) is 0 Å². The first-order chi connectivity index (χ1) is 11.7. The molecule has 0 spiro atoms. The molecule has 0 radical (unpaired) electrons. The number of hydrogen-bond acceptors (Lipinski definition) is 3. The number of rotatable bonds is 6. The third kappa shape index (κ3) is 4.82. The SMILES string of the molecule is Cc1ccc(N([C@H](C)C(=O)NCc2ccccc2)S(C)(=O)=O)cc1C. The molecule has 0 aliphatic rings. The van der Waals surface area contributed by atoms with E-state index >= 15 is 0 Å². The molecule has 0 fully saturated rings. The molecule has 134 valence electrons. The summed E-state index contributed by atoms with van der Waals surface area (Å²) in [6.07, 6.45) is 1.11. The van der Waals surface area contributed by atoms with Crippen LogP contribution in [-0.2, 0) is 21.4 Å². The Labute approximate surface area is 149 Å². The molecule has 2 rings (SSSR count). The lowest BCUT2D eigenvalue weighted by Gasteiger charge is -2.28. The second kappa shape index (κ2) is 7.70. The van der Waals surface area contributed by atoms with E-state index in [1.54, 1.807) is 19.1 Å². The van der Waals surface area contributed by atoms with Crippen LogP contribution in [0.1, 0.15) is 23.6 Å². The lowest BCUT2D eigenvalue weighted by molar-refractivity contribution is -0.122. The molecule has 2 aromatic carbocycles. The van der Waals surface area contributed by atoms with Crippen LogP contribution in [-0.4, -0.2) is 26.6 Å². The largest absolute Gasteiger partial charge is 0.350 e. The quantitative estimate of drug-likeness (QED) is 0.861. The topological polar surface area (TPSA) is 66.5 Å². The second-order valence-electron chi connectivity index (χ2n) is 6.21. The summed E-state index contributed by atoms with van der Waals surface area (Å²) in [5, 5.41) is 2.80. The molecule has 2 aromatic rings. The summed E-state index contributed by atoms with van der Waals surface area (Å²) < 4.78 is 25.8. The molecular formula is C19H24N2O3S. The number of anilines is 1. The minimum atomic E-state index is -3.60. The molecule has 1 N–H and O–H groups in total. The first kappa shape index (κ1) is 19.0. The van der Waals surface area contributed by atoms with Gasteiger partial charge in [0.2, 0.25) is 15.9 Å². The van der Waals surface area contributed by atoms with Crippen LogP contribution in [0.2, 0.25) is 0 Å². The number of hydrogen-bond donors (Lipinski definition) is 1.